The zero-order valence-electron chi connectivity index (χ0n) is 17.8. The van der Waals surface area contributed by atoms with Crippen molar-refractivity contribution in [3.63, 3.8) is 0 Å². The number of rotatable bonds is 7. The van der Waals surface area contributed by atoms with Gasteiger partial charge >= 0.3 is 5.97 Å². The van der Waals surface area contributed by atoms with Crippen molar-refractivity contribution in [2.75, 3.05) is 7.11 Å². The summed E-state index contributed by atoms with van der Waals surface area (Å²) in [5.74, 6) is -0.621. The van der Waals surface area contributed by atoms with Gasteiger partial charge < -0.3 is 9.84 Å². The second-order valence-corrected chi connectivity index (χ2v) is 8.46. The molecule has 0 saturated carbocycles. The van der Waals surface area contributed by atoms with Crippen molar-refractivity contribution in [3.8, 4) is 5.75 Å². The van der Waals surface area contributed by atoms with Gasteiger partial charge in [-0.25, -0.2) is 9.99 Å². The predicted octanol–water partition coefficient (Wildman–Crippen LogP) is 5.48. The predicted molar refractivity (Wildman–Crippen MR) is 127 cm³/mol. The fourth-order valence-corrected chi connectivity index (χ4v) is 4.35. The van der Waals surface area contributed by atoms with Crippen molar-refractivity contribution in [1.82, 2.24) is 9.99 Å². The minimum Gasteiger partial charge on any atom is -0.494 e. The van der Waals surface area contributed by atoms with Crippen LogP contribution in [0, 0.1) is 0 Å². The van der Waals surface area contributed by atoms with Crippen molar-refractivity contribution in [3.05, 3.63) is 69.8 Å². The highest BCUT2D eigenvalue weighted by molar-refractivity contribution is 6.31. The minimum atomic E-state index is -0.945. The van der Waals surface area contributed by atoms with E-state index in [2.05, 4.69) is 10.1 Å². The number of hydrogen-bond donors (Lipinski definition) is 1. The molecule has 170 valence electrons. The number of carboxylic acids is 1. The molecule has 7 nitrogen and oxygen atoms in total. The molecule has 4 rings (SSSR count). The lowest BCUT2D eigenvalue weighted by Gasteiger charge is -2.23. The number of hydrogen-bond acceptors (Lipinski definition) is 5. The Bertz CT molecular complexity index is 1260. The van der Waals surface area contributed by atoms with Crippen LogP contribution in [0.3, 0.4) is 0 Å². The molecule has 3 aromatic rings. The van der Waals surface area contributed by atoms with Gasteiger partial charge in [0.25, 0.3) is 0 Å². The highest BCUT2D eigenvalue weighted by atomic mass is 35.5. The third kappa shape index (κ3) is 4.94. The van der Waals surface area contributed by atoms with E-state index in [1.165, 1.54) is 5.01 Å². The van der Waals surface area contributed by atoms with Gasteiger partial charge in [0.05, 0.1) is 18.9 Å². The number of pyridine rings is 1. The van der Waals surface area contributed by atoms with E-state index >= 15 is 0 Å². The number of carboxylic acid groups (broad SMARTS) is 1. The summed E-state index contributed by atoms with van der Waals surface area (Å²) in [5.41, 5.74) is 2.78. The lowest BCUT2D eigenvalue weighted by atomic mass is 9.98. The summed E-state index contributed by atoms with van der Waals surface area (Å²) in [4.78, 5) is 28.5. The SMILES string of the molecule is COc1cccc2cc(C3CC(c4cccc(Cl)c4)=NN3C(=O)CCCC(=O)O)c(Cl)nc12. The van der Waals surface area contributed by atoms with E-state index in [1.54, 1.807) is 25.3 Å². The van der Waals surface area contributed by atoms with E-state index in [0.717, 1.165) is 10.9 Å². The number of methoxy groups -OCH3 is 1. The quantitative estimate of drug-likeness (QED) is 0.447. The number of aromatic nitrogens is 1. The second-order valence-electron chi connectivity index (χ2n) is 7.66. The Morgan fingerprint density at radius 3 is 2.67 bits per heavy atom. The Balaban J connectivity index is 1.72. The number of aliphatic carboxylic acids is 1. The zero-order chi connectivity index (χ0) is 23.5. The van der Waals surface area contributed by atoms with Crippen LogP contribution in [0.2, 0.25) is 10.2 Å². The summed E-state index contributed by atoms with van der Waals surface area (Å²) in [6, 6.07) is 14.2. The van der Waals surface area contributed by atoms with E-state index in [4.69, 9.17) is 33.0 Å². The Morgan fingerprint density at radius 2 is 1.94 bits per heavy atom. The molecule has 1 aliphatic rings. The second kappa shape index (κ2) is 9.77. The number of fused-ring (bicyclic) bond motifs is 1. The van der Waals surface area contributed by atoms with Crippen LogP contribution >= 0.6 is 23.2 Å². The molecule has 9 heteroatoms. The van der Waals surface area contributed by atoms with E-state index in [9.17, 15) is 9.59 Å². The van der Waals surface area contributed by atoms with Gasteiger partial charge in [-0.3, -0.25) is 9.59 Å². The largest absolute Gasteiger partial charge is 0.494 e. The summed E-state index contributed by atoms with van der Waals surface area (Å²) in [5, 5.41) is 16.5. The lowest BCUT2D eigenvalue weighted by Crippen LogP contribution is -2.27. The van der Waals surface area contributed by atoms with E-state index in [1.807, 2.05) is 30.3 Å². The first-order valence-electron chi connectivity index (χ1n) is 10.4. The van der Waals surface area contributed by atoms with Crippen molar-refractivity contribution < 1.29 is 19.4 Å². The van der Waals surface area contributed by atoms with Gasteiger partial charge in [0.15, 0.2) is 0 Å². The number of para-hydroxylation sites is 1. The van der Waals surface area contributed by atoms with Crippen molar-refractivity contribution in [2.45, 2.75) is 31.7 Å². The Labute approximate surface area is 200 Å². The number of ether oxygens (including phenoxy) is 1. The van der Waals surface area contributed by atoms with E-state index in [0.29, 0.717) is 34.0 Å². The number of benzene rings is 2. The van der Waals surface area contributed by atoms with Crippen LogP contribution in [0.4, 0.5) is 0 Å². The average molecular weight is 486 g/mol. The van der Waals surface area contributed by atoms with Crippen LogP contribution in [0.25, 0.3) is 10.9 Å². The first kappa shape index (κ1) is 23.0. The van der Waals surface area contributed by atoms with E-state index < -0.39 is 12.0 Å². The molecule has 0 fully saturated rings. The topological polar surface area (TPSA) is 92.1 Å². The number of carbonyl (C=O) groups excluding carboxylic acids is 1. The molecule has 1 unspecified atom stereocenters. The molecule has 0 bridgehead atoms. The van der Waals surface area contributed by atoms with Crippen LogP contribution in [-0.2, 0) is 9.59 Å². The third-order valence-electron chi connectivity index (χ3n) is 5.47. The first-order chi connectivity index (χ1) is 15.9. The maximum absolute atomic E-state index is 13.0. The number of carbonyl (C=O) groups is 2. The maximum atomic E-state index is 13.0. The molecule has 1 aliphatic heterocycles. The standard InChI is InChI=1S/C24H21Cl2N3O4/c1-33-20-8-3-6-15-12-17(24(26)27-23(15)20)19-13-18(14-5-2-7-16(25)11-14)28-29(19)21(30)9-4-10-22(31)32/h2-3,5-8,11-12,19H,4,9-10,13H2,1H3,(H,31,32). The Hall–Kier alpha value is -3.16. The summed E-state index contributed by atoms with van der Waals surface area (Å²) in [6.07, 6.45) is 0.608. The molecule has 0 spiro atoms. The van der Waals surface area contributed by atoms with Crippen LogP contribution in [0.5, 0.6) is 5.75 Å². The van der Waals surface area contributed by atoms with E-state index in [-0.39, 0.29) is 30.3 Å². The molecular formula is C24H21Cl2N3O4. The van der Waals surface area contributed by atoms with Gasteiger partial charge in [-0.2, -0.15) is 5.10 Å². The Kier molecular flexibility index (Phi) is 6.81. The summed E-state index contributed by atoms with van der Waals surface area (Å²) < 4.78 is 5.39. The molecule has 2 heterocycles. The van der Waals surface area contributed by atoms with Gasteiger partial charge in [-0.05, 0) is 36.2 Å². The highest BCUT2D eigenvalue weighted by Crippen LogP contribution is 2.39. The van der Waals surface area contributed by atoms with Crippen LogP contribution in [0.15, 0.2) is 53.6 Å². The molecule has 2 aromatic carbocycles. The molecule has 1 N–H and O–H groups in total. The lowest BCUT2D eigenvalue weighted by molar-refractivity contribution is -0.137. The first-order valence-corrected chi connectivity index (χ1v) is 11.1. The summed E-state index contributed by atoms with van der Waals surface area (Å²) >= 11 is 12.8. The fraction of sp³-hybridized carbons (Fsp3) is 0.250. The molecular weight excluding hydrogens is 465 g/mol. The van der Waals surface area contributed by atoms with Crippen molar-refractivity contribution in [2.24, 2.45) is 5.10 Å². The van der Waals surface area contributed by atoms with Crippen molar-refractivity contribution >= 4 is 51.7 Å². The molecule has 33 heavy (non-hydrogen) atoms. The number of hydrazone groups is 1. The third-order valence-corrected chi connectivity index (χ3v) is 6.01. The molecule has 0 aliphatic carbocycles. The van der Waals surface area contributed by atoms with Gasteiger partial charge in [0.2, 0.25) is 5.91 Å². The molecule has 1 amide bonds. The molecule has 1 atom stereocenters. The average Bonchev–Trinajstić information content (AvgIpc) is 3.23. The Morgan fingerprint density at radius 1 is 1.15 bits per heavy atom. The van der Waals surface area contributed by atoms with Crippen molar-refractivity contribution in [1.29, 1.82) is 0 Å². The monoisotopic (exact) mass is 485 g/mol. The summed E-state index contributed by atoms with van der Waals surface area (Å²) in [6.45, 7) is 0. The van der Waals surface area contributed by atoms with Crippen LogP contribution in [-0.4, -0.2) is 39.8 Å². The van der Waals surface area contributed by atoms with Gasteiger partial charge in [-0.15, -0.1) is 0 Å². The van der Waals surface area contributed by atoms with Gasteiger partial charge in [0, 0.05) is 35.2 Å². The van der Waals surface area contributed by atoms with Crippen LogP contribution in [0.1, 0.15) is 42.9 Å². The number of halogens is 2. The van der Waals surface area contributed by atoms with Crippen LogP contribution < -0.4 is 4.74 Å². The highest BCUT2D eigenvalue weighted by Gasteiger charge is 2.35. The number of amides is 1. The summed E-state index contributed by atoms with van der Waals surface area (Å²) in [7, 11) is 1.57. The van der Waals surface area contributed by atoms with Gasteiger partial charge in [0.1, 0.15) is 16.4 Å². The smallest absolute Gasteiger partial charge is 0.303 e. The van der Waals surface area contributed by atoms with Gasteiger partial charge in [-0.1, -0.05) is 47.5 Å². The minimum absolute atomic E-state index is 0.0571. The molecule has 0 saturated heterocycles. The molecule has 1 aromatic heterocycles. The normalized spacial score (nSPS) is 15.5. The maximum Gasteiger partial charge on any atom is 0.303 e. The number of nitrogens with zero attached hydrogens (tertiary/aromatic N) is 3. The fourth-order valence-electron chi connectivity index (χ4n) is 3.89. The zero-order valence-corrected chi connectivity index (χ0v) is 19.3. The molecule has 0 radical (unpaired) electrons.